The molecule has 4 nitrogen and oxygen atoms in total. The van der Waals surface area contributed by atoms with Gasteiger partial charge in [-0.15, -0.1) is 0 Å². The van der Waals surface area contributed by atoms with Gasteiger partial charge in [-0.25, -0.2) is 0 Å². The average molecular weight is 279 g/mol. The van der Waals surface area contributed by atoms with Crippen LogP contribution >= 0.6 is 0 Å². The van der Waals surface area contributed by atoms with E-state index in [1.54, 1.807) is 7.11 Å². The van der Waals surface area contributed by atoms with Crippen LogP contribution in [0.15, 0.2) is 12.3 Å². The molecule has 0 amide bonds. The van der Waals surface area contributed by atoms with Crippen molar-refractivity contribution in [2.75, 3.05) is 45.2 Å². The monoisotopic (exact) mass is 279 g/mol. The molecule has 20 heavy (non-hydrogen) atoms. The average Bonchev–Trinajstić information content (AvgIpc) is 2.49. The molecule has 2 heterocycles. The van der Waals surface area contributed by atoms with E-state index in [-0.39, 0.29) is 6.10 Å². The zero-order valence-corrected chi connectivity index (χ0v) is 13.8. The fourth-order valence-electron chi connectivity index (χ4n) is 2.35. The number of rotatable bonds is 3. The maximum Gasteiger partial charge on any atom is 0.0965 e. The summed E-state index contributed by atoms with van der Waals surface area (Å²) in [5.74, 6) is 0. The van der Waals surface area contributed by atoms with Gasteiger partial charge in [0.05, 0.1) is 23.7 Å². The summed E-state index contributed by atoms with van der Waals surface area (Å²) in [6, 6.07) is 2.23. The number of nitrogens with zero attached hydrogens (tertiary/aromatic N) is 3. The van der Waals surface area contributed by atoms with E-state index in [1.165, 1.54) is 11.3 Å². The number of hydrogen-bond acceptors (Lipinski definition) is 4. The van der Waals surface area contributed by atoms with E-state index in [1.807, 2.05) is 27.0 Å². The Bertz CT molecular complexity index is 401. The lowest BCUT2D eigenvalue weighted by Gasteiger charge is -2.34. The highest BCUT2D eigenvalue weighted by Gasteiger charge is 2.16. The molecule has 0 radical (unpaired) electrons. The van der Waals surface area contributed by atoms with Gasteiger partial charge in [0, 0.05) is 33.3 Å². The Morgan fingerprint density at radius 2 is 1.80 bits per heavy atom. The van der Waals surface area contributed by atoms with E-state index in [2.05, 4.69) is 34.8 Å². The molecule has 1 aromatic heterocycles. The molecule has 0 aromatic carbocycles. The highest BCUT2D eigenvalue weighted by Crippen LogP contribution is 2.23. The van der Waals surface area contributed by atoms with Gasteiger partial charge >= 0.3 is 0 Å². The number of likely N-dealkylation sites (N-methyl/N-ethyl adjacent to an activating group) is 1. The lowest BCUT2D eigenvalue weighted by atomic mass is 10.1. The first-order chi connectivity index (χ1) is 9.61. The van der Waals surface area contributed by atoms with Gasteiger partial charge < -0.3 is 14.5 Å². The minimum atomic E-state index is 0.0616. The van der Waals surface area contributed by atoms with Gasteiger partial charge in [-0.3, -0.25) is 4.98 Å². The van der Waals surface area contributed by atoms with Crippen molar-refractivity contribution in [2.45, 2.75) is 33.8 Å². The van der Waals surface area contributed by atoms with E-state index in [4.69, 9.17) is 4.74 Å². The molecule has 4 heteroatoms. The molecule has 1 atom stereocenters. The number of methoxy groups -OCH3 is 1. The van der Waals surface area contributed by atoms with Gasteiger partial charge in [0.1, 0.15) is 0 Å². The number of piperazine rings is 1. The van der Waals surface area contributed by atoms with Gasteiger partial charge in [0.2, 0.25) is 0 Å². The molecule has 0 saturated carbocycles. The molecule has 1 saturated heterocycles. The fourth-order valence-corrected chi connectivity index (χ4v) is 2.35. The molecule has 2 rings (SSSR count). The summed E-state index contributed by atoms with van der Waals surface area (Å²) in [6.45, 7) is 12.5. The van der Waals surface area contributed by atoms with Gasteiger partial charge in [-0.05, 0) is 32.5 Å². The van der Waals surface area contributed by atoms with Crippen LogP contribution in [0.1, 0.15) is 38.1 Å². The lowest BCUT2D eigenvalue weighted by molar-refractivity contribution is 0.115. The Morgan fingerprint density at radius 3 is 2.30 bits per heavy atom. The molecule has 1 aromatic rings. The van der Waals surface area contributed by atoms with Crippen molar-refractivity contribution in [3.8, 4) is 0 Å². The van der Waals surface area contributed by atoms with E-state index in [0.29, 0.717) is 0 Å². The van der Waals surface area contributed by atoms with Crippen LogP contribution in [-0.2, 0) is 4.74 Å². The molecular formula is C16H29N3O. The van der Waals surface area contributed by atoms with Crippen LogP contribution in [-0.4, -0.2) is 50.2 Å². The van der Waals surface area contributed by atoms with E-state index in [0.717, 1.165) is 31.9 Å². The predicted octanol–water partition coefficient (Wildman–Crippen LogP) is 2.88. The zero-order valence-electron chi connectivity index (χ0n) is 13.8. The van der Waals surface area contributed by atoms with Crippen LogP contribution in [0.4, 0.5) is 5.69 Å². The Labute approximate surface area is 123 Å². The highest BCUT2D eigenvalue weighted by atomic mass is 16.5. The van der Waals surface area contributed by atoms with Crippen molar-refractivity contribution in [2.24, 2.45) is 0 Å². The number of anilines is 1. The standard InChI is InChI=1S/C14H23N3O.C2H6/c1-11-9-13(10-15-14(11)12(2)18-4)17-7-5-16(3)6-8-17;1-2/h9-10,12H,5-8H2,1-4H3;1-2H3. The molecule has 0 bridgehead atoms. The van der Waals surface area contributed by atoms with Crippen molar-refractivity contribution >= 4 is 5.69 Å². The van der Waals surface area contributed by atoms with Gasteiger partial charge in [-0.2, -0.15) is 0 Å². The van der Waals surface area contributed by atoms with E-state index < -0.39 is 0 Å². The minimum Gasteiger partial charge on any atom is -0.375 e. The molecule has 0 N–H and O–H groups in total. The maximum absolute atomic E-state index is 5.33. The minimum absolute atomic E-state index is 0.0616. The molecule has 1 aliphatic rings. The Kier molecular flexibility index (Phi) is 6.96. The van der Waals surface area contributed by atoms with Crippen molar-refractivity contribution in [1.82, 2.24) is 9.88 Å². The number of hydrogen-bond donors (Lipinski definition) is 0. The largest absolute Gasteiger partial charge is 0.375 e. The highest BCUT2D eigenvalue weighted by molar-refractivity contribution is 5.48. The summed E-state index contributed by atoms with van der Waals surface area (Å²) < 4.78 is 5.33. The van der Waals surface area contributed by atoms with Crippen LogP contribution in [0, 0.1) is 6.92 Å². The molecule has 0 aliphatic carbocycles. The molecule has 114 valence electrons. The maximum atomic E-state index is 5.33. The van der Waals surface area contributed by atoms with Crippen LogP contribution in [0.5, 0.6) is 0 Å². The first-order valence-electron chi connectivity index (χ1n) is 7.54. The van der Waals surface area contributed by atoms with Crippen LogP contribution < -0.4 is 4.90 Å². The summed E-state index contributed by atoms with van der Waals surface area (Å²) in [6.07, 6.45) is 2.04. The first-order valence-corrected chi connectivity index (χ1v) is 7.54. The predicted molar refractivity (Wildman–Crippen MR) is 85.5 cm³/mol. The summed E-state index contributed by atoms with van der Waals surface area (Å²) in [4.78, 5) is 9.33. The summed E-state index contributed by atoms with van der Waals surface area (Å²) in [7, 11) is 3.89. The second-order valence-corrected chi connectivity index (χ2v) is 5.06. The zero-order chi connectivity index (χ0) is 15.1. The van der Waals surface area contributed by atoms with Crippen LogP contribution in [0.3, 0.4) is 0 Å². The Hall–Kier alpha value is -1.13. The molecule has 0 spiro atoms. The Balaban J connectivity index is 0.000000956. The molecule has 1 unspecified atom stereocenters. The third kappa shape index (κ3) is 4.18. The number of ether oxygens (including phenoxy) is 1. The third-order valence-corrected chi connectivity index (χ3v) is 3.71. The van der Waals surface area contributed by atoms with Crippen LogP contribution in [0.2, 0.25) is 0 Å². The number of aryl methyl sites for hydroxylation is 1. The number of aromatic nitrogens is 1. The van der Waals surface area contributed by atoms with Crippen molar-refractivity contribution in [1.29, 1.82) is 0 Å². The van der Waals surface area contributed by atoms with Crippen molar-refractivity contribution in [3.05, 3.63) is 23.5 Å². The summed E-state index contributed by atoms with van der Waals surface area (Å²) >= 11 is 0. The molecule has 1 aliphatic heterocycles. The Morgan fingerprint density at radius 1 is 1.20 bits per heavy atom. The molecular weight excluding hydrogens is 250 g/mol. The quantitative estimate of drug-likeness (QED) is 0.850. The number of pyridine rings is 1. The van der Waals surface area contributed by atoms with Crippen molar-refractivity contribution in [3.63, 3.8) is 0 Å². The second-order valence-electron chi connectivity index (χ2n) is 5.06. The fraction of sp³-hybridized carbons (Fsp3) is 0.688. The van der Waals surface area contributed by atoms with Crippen LogP contribution in [0.25, 0.3) is 0 Å². The van der Waals surface area contributed by atoms with Gasteiger partial charge in [0.25, 0.3) is 0 Å². The van der Waals surface area contributed by atoms with E-state index in [9.17, 15) is 0 Å². The SMILES string of the molecule is CC.COC(C)c1ncc(N2CCN(C)CC2)cc1C. The van der Waals surface area contributed by atoms with E-state index >= 15 is 0 Å². The lowest BCUT2D eigenvalue weighted by Crippen LogP contribution is -2.44. The topological polar surface area (TPSA) is 28.6 Å². The van der Waals surface area contributed by atoms with Gasteiger partial charge in [-0.1, -0.05) is 13.8 Å². The van der Waals surface area contributed by atoms with Crippen molar-refractivity contribution < 1.29 is 4.74 Å². The normalized spacial score (nSPS) is 17.4. The first kappa shape index (κ1) is 16.9. The van der Waals surface area contributed by atoms with Gasteiger partial charge in [0.15, 0.2) is 0 Å². The second kappa shape index (κ2) is 8.22. The smallest absolute Gasteiger partial charge is 0.0965 e. The summed E-state index contributed by atoms with van der Waals surface area (Å²) in [5, 5.41) is 0. The molecule has 1 fully saturated rings. The third-order valence-electron chi connectivity index (χ3n) is 3.71. The summed E-state index contributed by atoms with van der Waals surface area (Å²) in [5.41, 5.74) is 3.48.